The number of ether oxygens (including phenoxy) is 1. The molecule has 0 heterocycles. The van der Waals surface area contributed by atoms with E-state index in [2.05, 4.69) is 23.3 Å². The topological polar surface area (TPSA) is 87.7 Å². The Balaban J connectivity index is 2.42. The summed E-state index contributed by atoms with van der Waals surface area (Å²) in [6, 6.07) is 16.8. The van der Waals surface area contributed by atoms with E-state index in [0.717, 1.165) is 16.0 Å². The highest BCUT2D eigenvalue weighted by atomic mass is 16.6. The molecule has 2 aromatic carbocycles. The van der Waals surface area contributed by atoms with E-state index in [1.807, 2.05) is 50.2 Å². The van der Waals surface area contributed by atoms with Gasteiger partial charge in [-0.15, -0.1) is 0 Å². The summed E-state index contributed by atoms with van der Waals surface area (Å²) in [5.41, 5.74) is 1.45. The number of carbonyl (C=O) groups excluding carboxylic acids is 3. The van der Waals surface area contributed by atoms with Gasteiger partial charge in [-0.25, -0.2) is 4.79 Å². The fourth-order valence-electron chi connectivity index (χ4n) is 3.73. The minimum Gasteiger partial charge on any atom is -0.444 e. The molecule has 0 saturated carbocycles. The molecule has 2 unspecified atom stereocenters. The third-order valence-corrected chi connectivity index (χ3v) is 5.35. The van der Waals surface area contributed by atoms with Gasteiger partial charge in [-0.1, -0.05) is 81.5 Å². The van der Waals surface area contributed by atoms with Crippen molar-refractivity contribution in [2.75, 3.05) is 0 Å². The third kappa shape index (κ3) is 9.16. The first-order chi connectivity index (χ1) is 17.4. The number of terminal acetylenes is 1. The van der Waals surface area contributed by atoms with Gasteiger partial charge in [0.2, 0.25) is 5.91 Å². The minimum absolute atomic E-state index is 0.0537. The lowest BCUT2D eigenvalue weighted by molar-refractivity contribution is -0.139. The molecule has 0 spiro atoms. The normalized spacial score (nSPS) is 12.6. The van der Waals surface area contributed by atoms with Gasteiger partial charge in [-0.2, -0.15) is 0 Å². The van der Waals surface area contributed by atoms with Crippen molar-refractivity contribution in [1.82, 2.24) is 15.5 Å². The Morgan fingerprint density at radius 2 is 1.78 bits per heavy atom. The first kappa shape index (κ1) is 29.2. The molecule has 2 atom stereocenters. The van der Waals surface area contributed by atoms with Gasteiger partial charge in [-0.3, -0.25) is 14.5 Å². The predicted molar refractivity (Wildman–Crippen MR) is 146 cm³/mol. The highest BCUT2D eigenvalue weighted by Crippen LogP contribution is 2.25. The maximum absolute atomic E-state index is 13.8. The molecule has 0 aromatic heterocycles. The van der Waals surface area contributed by atoms with Gasteiger partial charge in [0.1, 0.15) is 17.7 Å². The molecule has 2 rings (SSSR count). The van der Waals surface area contributed by atoms with Crippen molar-refractivity contribution in [3.8, 4) is 12.5 Å². The van der Waals surface area contributed by atoms with Crippen LogP contribution < -0.4 is 10.6 Å². The average molecular weight is 504 g/mol. The van der Waals surface area contributed by atoms with Crippen LogP contribution in [0.5, 0.6) is 0 Å². The molecule has 0 fully saturated rings. The molecule has 7 heteroatoms. The second kappa shape index (κ2) is 13.3. The number of hydrogen-bond acceptors (Lipinski definition) is 4. The van der Waals surface area contributed by atoms with Gasteiger partial charge in [0.05, 0.1) is 0 Å². The van der Waals surface area contributed by atoms with Crippen molar-refractivity contribution in [2.24, 2.45) is 5.92 Å². The highest BCUT2D eigenvalue weighted by molar-refractivity contribution is 5.93. The van der Waals surface area contributed by atoms with Gasteiger partial charge in [-0.05, 0) is 55.9 Å². The van der Waals surface area contributed by atoms with Crippen LogP contribution in [0.25, 0.3) is 6.08 Å². The van der Waals surface area contributed by atoms with Crippen LogP contribution in [0.4, 0.5) is 4.79 Å². The van der Waals surface area contributed by atoms with Crippen LogP contribution in [0.15, 0.2) is 61.2 Å². The average Bonchev–Trinajstić information content (AvgIpc) is 2.84. The molecular weight excluding hydrogens is 466 g/mol. The summed E-state index contributed by atoms with van der Waals surface area (Å²) in [7, 11) is 0. The maximum Gasteiger partial charge on any atom is 0.408 e. The number of nitrogens with one attached hydrogen (secondary N) is 2. The van der Waals surface area contributed by atoms with Crippen LogP contribution in [0, 0.1) is 18.4 Å². The molecule has 196 valence electrons. The minimum atomic E-state index is -1.13. The molecule has 2 aromatic rings. The Bertz CT molecular complexity index is 1130. The predicted octanol–water partition coefficient (Wildman–Crippen LogP) is 5.05. The van der Waals surface area contributed by atoms with Gasteiger partial charge >= 0.3 is 6.09 Å². The molecule has 37 heavy (non-hydrogen) atoms. The molecular formula is C30H37N3O4. The van der Waals surface area contributed by atoms with E-state index in [0.29, 0.717) is 12.0 Å². The van der Waals surface area contributed by atoms with Gasteiger partial charge in [0.15, 0.2) is 0 Å². The SMILES string of the molecule is C#CN(C(=O)C(CC(C)C)NC(=O)OC(C)(C)C)C(C(=O)NCc1ccccc1)c1cccc(C=C)c1. The lowest BCUT2D eigenvalue weighted by atomic mass is 9.98. The van der Waals surface area contributed by atoms with Crippen molar-refractivity contribution in [2.45, 2.75) is 65.3 Å². The Kier molecular flexibility index (Phi) is 10.5. The first-order valence-electron chi connectivity index (χ1n) is 12.3. The summed E-state index contributed by atoms with van der Waals surface area (Å²) in [6.45, 7) is 13.1. The zero-order valence-electron chi connectivity index (χ0n) is 22.3. The molecule has 0 aliphatic rings. The number of benzene rings is 2. The van der Waals surface area contributed by atoms with E-state index in [1.54, 1.807) is 45.0 Å². The Morgan fingerprint density at radius 1 is 1.11 bits per heavy atom. The van der Waals surface area contributed by atoms with E-state index in [1.165, 1.54) is 0 Å². The zero-order chi connectivity index (χ0) is 27.6. The number of hydrogen-bond donors (Lipinski definition) is 2. The summed E-state index contributed by atoms with van der Waals surface area (Å²) in [6.07, 6.45) is 7.06. The van der Waals surface area contributed by atoms with Crippen LogP contribution in [-0.2, 0) is 20.9 Å². The van der Waals surface area contributed by atoms with Gasteiger partial charge in [0, 0.05) is 12.6 Å². The number of carbonyl (C=O) groups is 3. The summed E-state index contributed by atoms with van der Waals surface area (Å²) < 4.78 is 5.36. The summed E-state index contributed by atoms with van der Waals surface area (Å²) >= 11 is 0. The van der Waals surface area contributed by atoms with Gasteiger partial charge < -0.3 is 15.4 Å². The largest absolute Gasteiger partial charge is 0.444 e. The molecule has 0 aliphatic heterocycles. The van der Waals surface area contributed by atoms with Gasteiger partial charge in [0.25, 0.3) is 5.91 Å². The smallest absolute Gasteiger partial charge is 0.408 e. The van der Waals surface area contributed by atoms with Crippen molar-refractivity contribution in [3.63, 3.8) is 0 Å². The van der Waals surface area contributed by atoms with E-state index in [4.69, 9.17) is 11.2 Å². The number of rotatable bonds is 10. The highest BCUT2D eigenvalue weighted by Gasteiger charge is 2.36. The quantitative estimate of drug-likeness (QED) is 0.351. The molecule has 7 nitrogen and oxygen atoms in total. The van der Waals surface area contributed by atoms with Crippen molar-refractivity contribution in [3.05, 3.63) is 77.9 Å². The van der Waals surface area contributed by atoms with Crippen LogP contribution >= 0.6 is 0 Å². The number of amides is 3. The lowest BCUT2D eigenvalue weighted by Gasteiger charge is -2.31. The second-order valence-corrected chi connectivity index (χ2v) is 10.1. The summed E-state index contributed by atoms with van der Waals surface area (Å²) in [5, 5.41) is 5.54. The third-order valence-electron chi connectivity index (χ3n) is 5.35. The summed E-state index contributed by atoms with van der Waals surface area (Å²) in [4.78, 5) is 40.9. The van der Waals surface area contributed by atoms with E-state index in [-0.39, 0.29) is 12.5 Å². The Morgan fingerprint density at radius 3 is 2.35 bits per heavy atom. The molecule has 0 aliphatic carbocycles. The molecule has 0 bridgehead atoms. The van der Waals surface area contributed by atoms with Crippen LogP contribution in [0.3, 0.4) is 0 Å². The molecule has 3 amide bonds. The first-order valence-corrected chi connectivity index (χ1v) is 12.3. The molecule has 2 N–H and O–H groups in total. The Labute approximate surface area is 220 Å². The Hall–Kier alpha value is -4.05. The zero-order valence-corrected chi connectivity index (χ0v) is 22.3. The van der Waals surface area contributed by atoms with Crippen LogP contribution in [0.1, 0.15) is 63.8 Å². The van der Waals surface area contributed by atoms with E-state index >= 15 is 0 Å². The van der Waals surface area contributed by atoms with Crippen molar-refractivity contribution < 1.29 is 19.1 Å². The monoisotopic (exact) mass is 503 g/mol. The number of alkyl carbamates (subject to hydrolysis) is 1. The summed E-state index contributed by atoms with van der Waals surface area (Å²) in [5.74, 6) is -0.971. The van der Waals surface area contributed by atoms with E-state index in [9.17, 15) is 14.4 Å². The van der Waals surface area contributed by atoms with Crippen LogP contribution in [0.2, 0.25) is 0 Å². The van der Waals surface area contributed by atoms with E-state index < -0.39 is 35.6 Å². The molecule has 0 radical (unpaired) electrons. The lowest BCUT2D eigenvalue weighted by Crippen LogP contribution is -2.51. The second-order valence-electron chi connectivity index (χ2n) is 10.1. The van der Waals surface area contributed by atoms with Crippen LogP contribution in [-0.4, -0.2) is 34.5 Å². The van der Waals surface area contributed by atoms with Crippen molar-refractivity contribution >= 4 is 24.0 Å². The molecule has 0 saturated heterocycles. The van der Waals surface area contributed by atoms with Crippen molar-refractivity contribution in [1.29, 1.82) is 0 Å². The fourth-order valence-corrected chi connectivity index (χ4v) is 3.73. The fraction of sp³-hybridized carbons (Fsp3) is 0.367. The number of nitrogens with zero attached hydrogens (tertiary/aromatic N) is 1. The maximum atomic E-state index is 13.8. The standard InChI is InChI=1S/C30H37N3O4/c1-8-22-16-13-17-24(19-22)26(27(34)31-20-23-14-11-10-12-15-23)33(9-2)28(35)25(18-21(3)4)32-29(36)37-30(5,6)7/h2,8,10-17,19,21,25-26H,1,18,20H2,3-7H3,(H,31,34)(H,32,36).